The number of nitrogens with zero attached hydrogens (tertiary/aromatic N) is 3. The summed E-state index contributed by atoms with van der Waals surface area (Å²) in [6.07, 6.45) is 3.50. The lowest BCUT2D eigenvalue weighted by Crippen LogP contribution is -2.18. The lowest BCUT2D eigenvalue weighted by Gasteiger charge is -2.16. The Balaban J connectivity index is 1.96. The van der Waals surface area contributed by atoms with Crippen LogP contribution in [0.2, 0.25) is 0 Å². The first-order valence-electron chi connectivity index (χ1n) is 8.34. The standard InChI is InChI=1S/C19H18N4O2S/c1-4-22(2)14-9-10-20-18-15(14)16-17(26-18)19(24)23(11-21-16)12-5-7-13(25-3)8-6-12/h5-11H,4H2,1-3H3/p+1. The van der Waals surface area contributed by atoms with E-state index in [1.54, 1.807) is 18.0 Å². The molecule has 0 unspecified atom stereocenters. The van der Waals surface area contributed by atoms with Crippen LogP contribution < -0.4 is 20.2 Å². The summed E-state index contributed by atoms with van der Waals surface area (Å²) < 4.78 is 7.40. The molecule has 0 amide bonds. The van der Waals surface area contributed by atoms with E-state index in [0.717, 1.165) is 39.4 Å². The molecular weight excluding hydrogens is 348 g/mol. The Labute approximate surface area is 154 Å². The molecular formula is C19H19N4O2S+. The highest BCUT2D eigenvalue weighted by atomic mass is 32.1. The van der Waals surface area contributed by atoms with Gasteiger partial charge >= 0.3 is 0 Å². The van der Waals surface area contributed by atoms with Crippen molar-refractivity contribution >= 4 is 37.5 Å². The number of pyridine rings is 1. The molecule has 0 saturated heterocycles. The molecule has 0 saturated carbocycles. The van der Waals surface area contributed by atoms with Crippen LogP contribution in [0, 0.1) is 0 Å². The summed E-state index contributed by atoms with van der Waals surface area (Å²) in [5.74, 6) is 0.750. The van der Waals surface area contributed by atoms with Crippen molar-refractivity contribution in [2.75, 3.05) is 25.6 Å². The van der Waals surface area contributed by atoms with Crippen molar-refractivity contribution in [2.45, 2.75) is 6.92 Å². The fourth-order valence-corrected chi connectivity index (χ4v) is 4.07. The van der Waals surface area contributed by atoms with Crippen LogP contribution in [-0.2, 0) is 0 Å². The van der Waals surface area contributed by atoms with Crippen LogP contribution in [-0.4, -0.2) is 30.3 Å². The summed E-state index contributed by atoms with van der Waals surface area (Å²) in [6, 6.07) is 9.39. The van der Waals surface area contributed by atoms with Gasteiger partial charge in [-0.3, -0.25) is 9.36 Å². The minimum atomic E-state index is -0.0696. The third-order valence-corrected chi connectivity index (χ3v) is 5.64. The van der Waals surface area contributed by atoms with Gasteiger partial charge in [-0.05, 0) is 31.2 Å². The van der Waals surface area contributed by atoms with Crippen LogP contribution in [0.15, 0.2) is 47.7 Å². The molecule has 0 bridgehead atoms. The smallest absolute Gasteiger partial charge is 0.276 e. The van der Waals surface area contributed by atoms with Gasteiger partial charge in [-0.15, -0.1) is 0 Å². The van der Waals surface area contributed by atoms with Gasteiger partial charge in [0, 0.05) is 19.7 Å². The van der Waals surface area contributed by atoms with Crippen molar-refractivity contribution in [1.82, 2.24) is 9.55 Å². The second-order valence-corrected chi connectivity index (χ2v) is 7.00. The van der Waals surface area contributed by atoms with E-state index in [1.807, 2.05) is 43.6 Å². The van der Waals surface area contributed by atoms with Gasteiger partial charge in [0.2, 0.25) is 0 Å². The van der Waals surface area contributed by atoms with E-state index in [1.165, 1.54) is 11.3 Å². The third-order valence-electron chi connectivity index (χ3n) is 4.55. The zero-order valence-electron chi connectivity index (χ0n) is 14.8. The average Bonchev–Trinajstić information content (AvgIpc) is 3.07. The first kappa shape index (κ1) is 16.5. The number of rotatable bonds is 4. The maximum atomic E-state index is 13.1. The first-order chi connectivity index (χ1) is 12.6. The van der Waals surface area contributed by atoms with Gasteiger partial charge in [-0.1, -0.05) is 11.3 Å². The average molecular weight is 367 g/mol. The highest BCUT2D eigenvalue weighted by molar-refractivity contribution is 7.25. The molecule has 0 aliphatic heterocycles. The summed E-state index contributed by atoms with van der Waals surface area (Å²) in [4.78, 5) is 24.1. The predicted molar refractivity (Wildman–Crippen MR) is 105 cm³/mol. The zero-order chi connectivity index (χ0) is 18.3. The molecule has 0 spiro atoms. The molecule has 7 heteroatoms. The molecule has 0 aliphatic rings. The molecule has 0 fully saturated rings. The Morgan fingerprint density at radius 3 is 2.73 bits per heavy atom. The molecule has 0 aliphatic carbocycles. The number of hydrogen-bond donors (Lipinski definition) is 0. The maximum Gasteiger partial charge on any atom is 0.276 e. The van der Waals surface area contributed by atoms with E-state index in [4.69, 9.17) is 4.74 Å². The van der Waals surface area contributed by atoms with E-state index in [-0.39, 0.29) is 5.56 Å². The van der Waals surface area contributed by atoms with Crippen molar-refractivity contribution in [3.8, 4) is 11.4 Å². The molecule has 6 nitrogen and oxygen atoms in total. The van der Waals surface area contributed by atoms with E-state index in [2.05, 4.69) is 21.8 Å². The molecule has 4 aromatic rings. The normalized spacial score (nSPS) is 11.2. The van der Waals surface area contributed by atoms with Crippen LogP contribution in [0.4, 0.5) is 5.69 Å². The monoisotopic (exact) mass is 367 g/mol. The molecule has 4 rings (SSSR count). The quantitative estimate of drug-likeness (QED) is 0.556. The maximum absolute atomic E-state index is 13.1. The number of fused-ring (bicyclic) bond motifs is 3. The van der Waals surface area contributed by atoms with Crippen molar-refractivity contribution in [2.24, 2.45) is 0 Å². The van der Waals surface area contributed by atoms with Gasteiger partial charge in [0.25, 0.3) is 10.4 Å². The second kappa shape index (κ2) is 6.42. The number of nitrogens with one attached hydrogen (secondary N) is 1. The van der Waals surface area contributed by atoms with Crippen LogP contribution >= 0.6 is 11.3 Å². The van der Waals surface area contributed by atoms with Crippen LogP contribution in [0.25, 0.3) is 26.1 Å². The van der Waals surface area contributed by atoms with Gasteiger partial charge in [0.1, 0.15) is 27.7 Å². The Hall–Kier alpha value is -2.93. The Morgan fingerprint density at radius 1 is 1.27 bits per heavy atom. The lowest BCUT2D eigenvalue weighted by atomic mass is 10.2. The van der Waals surface area contributed by atoms with Crippen LogP contribution in [0.5, 0.6) is 5.75 Å². The largest absolute Gasteiger partial charge is 0.497 e. The van der Waals surface area contributed by atoms with E-state index in [9.17, 15) is 4.79 Å². The highest BCUT2D eigenvalue weighted by Crippen LogP contribution is 2.34. The number of anilines is 1. The summed E-state index contributed by atoms with van der Waals surface area (Å²) in [7, 11) is 3.66. The second-order valence-electron chi connectivity index (χ2n) is 5.98. The molecule has 132 valence electrons. The van der Waals surface area contributed by atoms with Gasteiger partial charge < -0.3 is 9.64 Å². The zero-order valence-corrected chi connectivity index (χ0v) is 15.6. The summed E-state index contributed by atoms with van der Waals surface area (Å²) >= 11 is 1.44. The summed E-state index contributed by atoms with van der Waals surface area (Å²) in [5.41, 5.74) is 2.51. The molecule has 1 N–H and O–H groups in total. The lowest BCUT2D eigenvalue weighted by molar-refractivity contribution is -0.341. The molecule has 3 heterocycles. The summed E-state index contributed by atoms with van der Waals surface area (Å²) in [6.45, 7) is 2.97. The number of aromatic amines is 1. The number of thiophene rings is 1. The molecule has 1 aromatic carbocycles. The SMILES string of the molecule is CCN(C)c1cc[nH+]c2sc3c(=O)n(-c4ccc(OC)cc4)cnc3c12. The molecule has 0 radical (unpaired) electrons. The van der Waals surface area contributed by atoms with Crippen molar-refractivity contribution in [3.63, 3.8) is 0 Å². The molecule has 26 heavy (non-hydrogen) atoms. The van der Waals surface area contributed by atoms with Crippen LogP contribution in [0.1, 0.15) is 6.92 Å². The van der Waals surface area contributed by atoms with Crippen molar-refractivity contribution in [3.05, 3.63) is 53.2 Å². The number of ether oxygens (including phenoxy) is 1. The fourth-order valence-electron chi connectivity index (χ4n) is 3.00. The van der Waals surface area contributed by atoms with E-state index < -0.39 is 0 Å². The van der Waals surface area contributed by atoms with E-state index >= 15 is 0 Å². The minimum absolute atomic E-state index is 0.0696. The van der Waals surface area contributed by atoms with Gasteiger partial charge in [-0.2, -0.15) is 0 Å². The predicted octanol–water partition coefficient (Wildman–Crippen LogP) is 2.88. The van der Waals surface area contributed by atoms with Gasteiger partial charge in [0.15, 0.2) is 6.20 Å². The topological polar surface area (TPSA) is 61.5 Å². The minimum Gasteiger partial charge on any atom is -0.497 e. The molecule has 0 atom stereocenters. The third kappa shape index (κ3) is 2.52. The highest BCUT2D eigenvalue weighted by Gasteiger charge is 2.20. The molecule has 3 aromatic heterocycles. The van der Waals surface area contributed by atoms with Crippen molar-refractivity contribution in [1.29, 1.82) is 0 Å². The van der Waals surface area contributed by atoms with E-state index in [0.29, 0.717) is 4.70 Å². The Morgan fingerprint density at radius 2 is 2.04 bits per heavy atom. The number of aromatic nitrogens is 3. The van der Waals surface area contributed by atoms with Crippen molar-refractivity contribution < 1.29 is 9.72 Å². The summed E-state index contributed by atoms with van der Waals surface area (Å²) in [5, 5.41) is 0.996. The number of benzene rings is 1. The number of H-pyrrole nitrogens is 1. The fraction of sp³-hybridized carbons (Fsp3) is 0.211. The van der Waals surface area contributed by atoms with Gasteiger partial charge in [-0.25, -0.2) is 9.97 Å². The first-order valence-corrected chi connectivity index (χ1v) is 9.15. The Bertz CT molecular complexity index is 1150. The number of methoxy groups -OCH3 is 1. The van der Waals surface area contributed by atoms with Crippen LogP contribution in [0.3, 0.4) is 0 Å². The Kier molecular flexibility index (Phi) is 4.08. The van der Waals surface area contributed by atoms with Gasteiger partial charge in [0.05, 0.1) is 18.5 Å². The number of hydrogen-bond acceptors (Lipinski definition) is 5.